The van der Waals surface area contributed by atoms with Gasteiger partial charge in [-0.05, 0) is 18.4 Å². The van der Waals surface area contributed by atoms with Gasteiger partial charge in [-0.15, -0.1) is 6.58 Å². The summed E-state index contributed by atoms with van der Waals surface area (Å²) in [5.74, 6) is -0.113. The zero-order chi connectivity index (χ0) is 12.9. The molecule has 0 aliphatic carbocycles. The summed E-state index contributed by atoms with van der Waals surface area (Å²) >= 11 is 0. The Kier molecular flexibility index (Phi) is 4.44. The number of hydrogen-bond donors (Lipinski definition) is 0. The lowest BCUT2D eigenvalue weighted by Gasteiger charge is -2.23. The number of rotatable bonds is 6. The zero-order valence-corrected chi connectivity index (χ0v) is 10.4. The third-order valence-electron chi connectivity index (χ3n) is 3.25. The molecule has 3 heteroatoms. The smallest absolute Gasteiger partial charge is 0.222 e. The van der Waals surface area contributed by atoms with Crippen LogP contribution < -0.4 is 0 Å². The largest absolute Gasteiger partial charge is 0.264 e. The monoisotopic (exact) mass is 233 g/mol. The number of benzene rings is 1. The van der Waals surface area contributed by atoms with Crippen molar-refractivity contribution in [3.63, 3.8) is 0 Å². The van der Waals surface area contributed by atoms with Crippen molar-refractivity contribution < 1.29 is 4.92 Å². The lowest BCUT2D eigenvalue weighted by Crippen LogP contribution is -2.38. The quantitative estimate of drug-likeness (QED) is 0.429. The van der Waals surface area contributed by atoms with E-state index in [2.05, 4.69) is 6.58 Å². The van der Waals surface area contributed by atoms with Crippen LogP contribution in [0.4, 0.5) is 0 Å². The summed E-state index contributed by atoms with van der Waals surface area (Å²) in [5.41, 5.74) is 0.259. The minimum Gasteiger partial charge on any atom is -0.264 e. The van der Waals surface area contributed by atoms with Gasteiger partial charge in [0.25, 0.3) is 0 Å². The molecule has 0 aromatic heterocycles. The minimum atomic E-state index is -0.948. The molecule has 0 aliphatic rings. The van der Waals surface area contributed by atoms with Gasteiger partial charge in [-0.25, -0.2) is 0 Å². The summed E-state index contributed by atoms with van der Waals surface area (Å²) in [7, 11) is 0. The summed E-state index contributed by atoms with van der Waals surface area (Å²) in [6, 6.07) is 10.0. The van der Waals surface area contributed by atoms with Crippen molar-refractivity contribution in [2.45, 2.75) is 32.2 Å². The lowest BCUT2D eigenvalue weighted by atomic mass is 9.84. The molecule has 0 amide bonds. The van der Waals surface area contributed by atoms with Crippen LogP contribution in [0.3, 0.4) is 0 Å². The van der Waals surface area contributed by atoms with Gasteiger partial charge in [-0.2, -0.15) is 0 Å². The van der Waals surface area contributed by atoms with Gasteiger partial charge in [0.15, 0.2) is 0 Å². The minimum absolute atomic E-state index is 0.113. The third kappa shape index (κ3) is 3.41. The Hall–Kier alpha value is -1.64. The van der Waals surface area contributed by atoms with Gasteiger partial charge in [0.1, 0.15) is 0 Å². The van der Waals surface area contributed by atoms with Crippen molar-refractivity contribution >= 4 is 0 Å². The molecule has 3 nitrogen and oxygen atoms in total. The lowest BCUT2D eigenvalue weighted by molar-refractivity contribution is -0.568. The SMILES string of the molecule is C=C[C@H](CCc1ccccc1)C(C)(C)[N+](=O)[O-]. The summed E-state index contributed by atoms with van der Waals surface area (Å²) in [4.78, 5) is 10.8. The van der Waals surface area contributed by atoms with E-state index in [1.807, 2.05) is 30.3 Å². The third-order valence-corrected chi connectivity index (χ3v) is 3.25. The predicted octanol–water partition coefficient (Wildman–Crippen LogP) is 3.48. The van der Waals surface area contributed by atoms with Crippen LogP contribution in [0.15, 0.2) is 43.0 Å². The van der Waals surface area contributed by atoms with Gasteiger partial charge in [0, 0.05) is 24.7 Å². The summed E-state index contributed by atoms with van der Waals surface area (Å²) < 4.78 is 0. The molecule has 17 heavy (non-hydrogen) atoms. The Balaban J connectivity index is 2.66. The van der Waals surface area contributed by atoms with Gasteiger partial charge in [0.2, 0.25) is 5.54 Å². The van der Waals surface area contributed by atoms with Crippen LogP contribution in [0.25, 0.3) is 0 Å². The molecule has 0 fully saturated rings. The highest BCUT2D eigenvalue weighted by Crippen LogP contribution is 2.26. The van der Waals surface area contributed by atoms with Crippen molar-refractivity contribution in [2.24, 2.45) is 5.92 Å². The number of hydrogen-bond acceptors (Lipinski definition) is 2. The summed E-state index contributed by atoms with van der Waals surface area (Å²) in [6.45, 7) is 7.03. The molecule has 0 saturated carbocycles. The van der Waals surface area contributed by atoms with Crippen LogP contribution in [-0.4, -0.2) is 10.5 Å². The van der Waals surface area contributed by atoms with Crippen LogP contribution in [-0.2, 0) is 6.42 Å². The second kappa shape index (κ2) is 5.62. The van der Waals surface area contributed by atoms with Crippen LogP contribution in [0.1, 0.15) is 25.8 Å². The van der Waals surface area contributed by atoms with Crippen molar-refractivity contribution in [3.8, 4) is 0 Å². The molecule has 0 unspecified atom stereocenters. The topological polar surface area (TPSA) is 43.1 Å². The molecule has 1 rings (SSSR count). The normalized spacial score (nSPS) is 13.1. The fourth-order valence-electron chi connectivity index (χ4n) is 1.86. The number of aryl methyl sites for hydroxylation is 1. The Morgan fingerprint density at radius 2 is 2.00 bits per heavy atom. The van der Waals surface area contributed by atoms with Crippen LogP contribution >= 0.6 is 0 Å². The first-order valence-electron chi connectivity index (χ1n) is 5.79. The van der Waals surface area contributed by atoms with Gasteiger partial charge < -0.3 is 0 Å². The van der Waals surface area contributed by atoms with E-state index < -0.39 is 5.54 Å². The molecule has 0 N–H and O–H groups in total. The number of nitro groups is 1. The van der Waals surface area contributed by atoms with Crippen molar-refractivity contribution in [1.29, 1.82) is 0 Å². The average molecular weight is 233 g/mol. The van der Waals surface area contributed by atoms with E-state index >= 15 is 0 Å². The maximum atomic E-state index is 11.0. The van der Waals surface area contributed by atoms with Crippen LogP contribution in [0, 0.1) is 16.0 Å². The van der Waals surface area contributed by atoms with Gasteiger partial charge in [-0.1, -0.05) is 36.4 Å². The van der Waals surface area contributed by atoms with E-state index in [0.29, 0.717) is 0 Å². The maximum absolute atomic E-state index is 11.0. The summed E-state index contributed by atoms with van der Waals surface area (Å²) in [6.07, 6.45) is 3.29. The first-order valence-corrected chi connectivity index (χ1v) is 5.79. The molecule has 0 radical (unpaired) electrons. The zero-order valence-electron chi connectivity index (χ0n) is 10.4. The Labute approximate surface area is 102 Å². The van der Waals surface area contributed by atoms with Crippen LogP contribution in [0.5, 0.6) is 0 Å². The van der Waals surface area contributed by atoms with Crippen molar-refractivity contribution in [1.82, 2.24) is 0 Å². The van der Waals surface area contributed by atoms with E-state index in [-0.39, 0.29) is 10.8 Å². The van der Waals surface area contributed by atoms with E-state index in [4.69, 9.17) is 0 Å². The van der Waals surface area contributed by atoms with E-state index in [9.17, 15) is 10.1 Å². The summed E-state index contributed by atoms with van der Waals surface area (Å²) in [5, 5.41) is 11.0. The second-order valence-electron chi connectivity index (χ2n) is 4.78. The van der Waals surface area contributed by atoms with Crippen molar-refractivity contribution in [2.75, 3.05) is 0 Å². The highest BCUT2D eigenvalue weighted by atomic mass is 16.6. The Morgan fingerprint density at radius 1 is 1.41 bits per heavy atom. The Bertz CT molecular complexity index is 384. The van der Waals surface area contributed by atoms with Gasteiger partial charge in [0.05, 0.1) is 0 Å². The first kappa shape index (κ1) is 13.4. The van der Waals surface area contributed by atoms with Gasteiger partial charge >= 0.3 is 0 Å². The predicted molar refractivity (Wildman–Crippen MR) is 69.5 cm³/mol. The highest BCUT2D eigenvalue weighted by molar-refractivity contribution is 5.15. The van der Waals surface area contributed by atoms with E-state index in [0.717, 1.165) is 12.8 Å². The molecule has 0 heterocycles. The van der Waals surface area contributed by atoms with Crippen LogP contribution in [0.2, 0.25) is 0 Å². The molecular weight excluding hydrogens is 214 g/mol. The molecule has 0 bridgehead atoms. The molecule has 1 aromatic rings. The second-order valence-corrected chi connectivity index (χ2v) is 4.78. The Morgan fingerprint density at radius 3 is 2.47 bits per heavy atom. The molecule has 1 aromatic carbocycles. The molecule has 0 spiro atoms. The first-order chi connectivity index (χ1) is 7.98. The van der Waals surface area contributed by atoms with Crippen molar-refractivity contribution in [3.05, 3.63) is 58.7 Å². The average Bonchev–Trinajstić information content (AvgIpc) is 2.30. The van der Waals surface area contributed by atoms with Gasteiger partial charge in [-0.3, -0.25) is 10.1 Å². The fraction of sp³-hybridized carbons (Fsp3) is 0.429. The van der Waals surface area contributed by atoms with E-state index in [1.54, 1.807) is 19.9 Å². The molecule has 0 saturated heterocycles. The molecule has 1 atom stereocenters. The maximum Gasteiger partial charge on any atom is 0.222 e. The van der Waals surface area contributed by atoms with E-state index in [1.165, 1.54) is 5.56 Å². The highest BCUT2D eigenvalue weighted by Gasteiger charge is 2.38. The number of nitrogens with zero attached hydrogens (tertiary/aromatic N) is 1. The molecule has 0 aliphatic heterocycles. The standard InChI is InChI=1S/C14H19NO2/c1-4-13(14(2,3)15(16)17)11-10-12-8-6-5-7-9-12/h4-9,13H,1,10-11H2,2-3H3/t13-/m1/s1. The molecular formula is C14H19NO2. The molecule has 92 valence electrons. The fourth-order valence-corrected chi connectivity index (χ4v) is 1.86.